The van der Waals surface area contributed by atoms with Gasteiger partial charge in [0.25, 0.3) is 0 Å². The van der Waals surface area contributed by atoms with Crippen molar-refractivity contribution in [1.29, 1.82) is 0 Å². The standard InChI is InChI=1S/C12H21NO4/c1-3-17-11(14)8-12(9-13(15)16)6-4-5-10(2)7-12/h10H,3-9H2,1-2H3/t10-,12+/m0/s1. The molecule has 0 aromatic rings. The molecule has 5 heteroatoms. The van der Waals surface area contributed by atoms with Crippen LogP contribution in [0.5, 0.6) is 0 Å². The molecule has 0 heterocycles. The van der Waals surface area contributed by atoms with Gasteiger partial charge in [0.1, 0.15) is 0 Å². The van der Waals surface area contributed by atoms with E-state index in [2.05, 4.69) is 6.92 Å². The molecule has 1 rings (SSSR count). The monoisotopic (exact) mass is 243 g/mol. The lowest BCUT2D eigenvalue weighted by Gasteiger charge is -2.36. The molecule has 1 fully saturated rings. The van der Waals surface area contributed by atoms with Crippen molar-refractivity contribution < 1.29 is 14.5 Å². The largest absolute Gasteiger partial charge is 0.466 e. The van der Waals surface area contributed by atoms with E-state index in [1.807, 2.05) is 0 Å². The van der Waals surface area contributed by atoms with Crippen LogP contribution in [-0.2, 0) is 9.53 Å². The maximum absolute atomic E-state index is 11.6. The predicted octanol–water partition coefficient (Wildman–Crippen LogP) is 2.41. The first-order valence-electron chi connectivity index (χ1n) is 6.25. The van der Waals surface area contributed by atoms with Crippen molar-refractivity contribution in [2.75, 3.05) is 13.2 Å². The fourth-order valence-corrected chi connectivity index (χ4v) is 2.92. The van der Waals surface area contributed by atoms with Gasteiger partial charge >= 0.3 is 5.97 Å². The second kappa shape index (κ2) is 5.98. The number of carbonyl (C=O) groups is 1. The normalized spacial score (nSPS) is 28.7. The van der Waals surface area contributed by atoms with Crippen LogP contribution in [0.4, 0.5) is 0 Å². The van der Waals surface area contributed by atoms with E-state index < -0.39 is 5.41 Å². The summed E-state index contributed by atoms with van der Waals surface area (Å²) in [6, 6.07) is 0. The molecule has 1 aliphatic carbocycles. The molecular weight excluding hydrogens is 222 g/mol. The summed E-state index contributed by atoms with van der Waals surface area (Å²) in [5.74, 6) is 0.154. The Morgan fingerprint density at radius 3 is 2.82 bits per heavy atom. The number of nitrogens with zero attached hydrogens (tertiary/aromatic N) is 1. The van der Waals surface area contributed by atoms with E-state index in [1.165, 1.54) is 0 Å². The average molecular weight is 243 g/mol. The van der Waals surface area contributed by atoms with Crippen molar-refractivity contribution >= 4 is 5.97 Å². The first-order valence-corrected chi connectivity index (χ1v) is 6.25. The summed E-state index contributed by atoms with van der Waals surface area (Å²) in [5, 5.41) is 10.8. The van der Waals surface area contributed by atoms with E-state index in [9.17, 15) is 14.9 Å². The van der Waals surface area contributed by atoms with Crippen molar-refractivity contribution in [2.24, 2.45) is 11.3 Å². The highest BCUT2D eigenvalue weighted by atomic mass is 16.6. The van der Waals surface area contributed by atoms with Crippen molar-refractivity contribution in [3.05, 3.63) is 10.1 Å². The number of nitro groups is 1. The Morgan fingerprint density at radius 2 is 2.29 bits per heavy atom. The molecule has 0 bridgehead atoms. The van der Waals surface area contributed by atoms with Crippen molar-refractivity contribution in [3.8, 4) is 0 Å². The van der Waals surface area contributed by atoms with Gasteiger partial charge in [0, 0.05) is 10.3 Å². The highest BCUT2D eigenvalue weighted by Crippen LogP contribution is 2.42. The molecule has 0 aromatic carbocycles. The van der Waals surface area contributed by atoms with E-state index in [0.29, 0.717) is 12.5 Å². The molecule has 0 aromatic heterocycles. The molecule has 0 radical (unpaired) electrons. The SMILES string of the molecule is CCOC(=O)C[C@@]1(C[N+](=O)[O-])CCC[C@H](C)C1. The third-order valence-electron chi connectivity index (χ3n) is 3.47. The number of esters is 1. The van der Waals surface area contributed by atoms with Crippen LogP contribution in [0.2, 0.25) is 0 Å². The molecule has 0 saturated heterocycles. The molecule has 17 heavy (non-hydrogen) atoms. The van der Waals surface area contributed by atoms with Crippen molar-refractivity contribution in [3.63, 3.8) is 0 Å². The quantitative estimate of drug-likeness (QED) is 0.422. The van der Waals surface area contributed by atoms with Gasteiger partial charge in [0.2, 0.25) is 6.54 Å². The second-order valence-electron chi connectivity index (χ2n) is 5.17. The Balaban J connectivity index is 2.70. The van der Waals surface area contributed by atoms with Gasteiger partial charge in [-0.3, -0.25) is 14.9 Å². The summed E-state index contributed by atoms with van der Waals surface area (Å²) >= 11 is 0. The molecule has 0 aliphatic heterocycles. The number of ether oxygens (including phenoxy) is 1. The van der Waals surface area contributed by atoms with E-state index in [4.69, 9.17) is 4.74 Å². The zero-order valence-electron chi connectivity index (χ0n) is 10.6. The zero-order valence-corrected chi connectivity index (χ0v) is 10.6. The molecule has 0 unspecified atom stereocenters. The van der Waals surface area contributed by atoms with Crippen molar-refractivity contribution in [1.82, 2.24) is 0 Å². The Hall–Kier alpha value is -1.13. The van der Waals surface area contributed by atoms with E-state index in [-0.39, 0.29) is 23.9 Å². The van der Waals surface area contributed by atoms with Gasteiger partial charge < -0.3 is 4.74 Å². The molecule has 2 atom stereocenters. The summed E-state index contributed by atoms with van der Waals surface area (Å²) < 4.78 is 4.92. The number of hydrogen-bond donors (Lipinski definition) is 0. The van der Waals surface area contributed by atoms with Gasteiger partial charge in [-0.1, -0.05) is 19.8 Å². The van der Waals surface area contributed by atoms with Crippen LogP contribution in [-0.4, -0.2) is 24.0 Å². The van der Waals surface area contributed by atoms with E-state index >= 15 is 0 Å². The molecule has 1 aliphatic rings. The molecule has 0 amide bonds. The van der Waals surface area contributed by atoms with Gasteiger partial charge in [-0.05, 0) is 25.7 Å². The topological polar surface area (TPSA) is 69.4 Å². The minimum atomic E-state index is -0.479. The van der Waals surface area contributed by atoms with Gasteiger partial charge in [0.05, 0.1) is 13.0 Å². The molecule has 98 valence electrons. The number of carbonyl (C=O) groups excluding carboxylic acids is 1. The zero-order chi connectivity index (χ0) is 12.9. The lowest BCUT2D eigenvalue weighted by atomic mass is 9.68. The average Bonchev–Trinajstić information content (AvgIpc) is 2.15. The van der Waals surface area contributed by atoms with Crippen LogP contribution < -0.4 is 0 Å². The first kappa shape index (κ1) is 13.9. The van der Waals surface area contributed by atoms with Crippen LogP contribution in [0.25, 0.3) is 0 Å². The number of hydrogen-bond acceptors (Lipinski definition) is 4. The van der Waals surface area contributed by atoms with Crippen LogP contribution in [0.1, 0.15) is 46.0 Å². The van der Waals surface area contributed by atoms with Crippen LogP contribution >= 0.6 is 0 Å². The van der Waals surface area contributed by atoms with E-state index in [0.717, 1.165) is 25.7 Å². The third kappa shape index (κ3) is 4.32. The maximum atomic E-state index is 11.6. The summed E-state index contributed by atoms with van der Waals surface area (Å²) in [6.07, 6.45) is 3.77. The lowest BCUT2D eigenvalue weighted by Crippen LogP contribution is -2.37. The minimum absolute atomic E-state index is 0.115. The molecule has 0 N–H and O–H groups in total. The van der Waals surface area contributed by atoms with Crippen LogP contribution in [0, 0.1) is 21.4 Å². The fraction of sp³-hybridized carbons (Fsp3) is 0.917. The van der Waals surface area contributed by atoms with Gasteiger partial charge in [0.15, 0.2) is 0 Å². The predicted molar refractivity (Wildman–Crippen MR) is 63.2 cm³/mol. The highest BCUT2D eigenvalue weighted by molar-refractivity contribution is 5.70. The Bertz CT molecular complexity index is 292. The van der Waals surface area contributed by atoms with Crippen LogP contribution in [0.3, 0.4) is 0 Å². The summed E-state index contributed by atoms with van der Waals surface area (Å²) in [4.78, 5) is 22.0. The van der Waals surface area contributed by atoms with Crippen molar-refractivity contribution in [2.45, 2.75) is 46.0 Å². The minimum Gasteiger partial charge on any atom is -0.466 e. The lowest BCUT2D eigenvalue weighted by molar-refractivity contribution is -0.499. The summed E-state index contributed by atoms with van der Waals surface area (Å²) in [6.45, 7) is 4.07. The van der Waals surface area contributed by atoms with Gasteiger partial charge in [-0.2, -0.15) is 0 Å². The molecular formula is C12H21NO4. The Morgan fingerprint density at radius 1 is 1.59 bits per heavy atom. The fourth-order valence-electron chi connectivity index (χ4n) is 2.92. The van der Waals surface area contributed by atoms with Crippen LogP contribution in [0.15, 0.2) is 0 Å². The molecule has 5 nitrogen and oxygen atoms in total. The number of rotatable bonds is 5. The first-order chi connectivity index (χ1) is 7.97. The maximum Gasteiger partial charge on any atom is 0.306 e. The van der Waals surface area contributed by atoms with E-state index in [1.54, 1.807) is 6.92 Å². The molecule has 1 saturated carbocycles. The molecule has 0 spiro atoms. The summed E-state index contributed by atoms with van der Waals surface area (Å²) in [7, 11) is 0. The Kier molecular flexibility index (Phi) is 4.90. The highest BCUT2D eigenvalue weighted by Gasteiger charge is 2.41. The third-order valence-corrected chi connectivity index (χ3v) is 3.47. The van der Waals surface area contributed by atoms with Gasteiger partial charge in [-0.15, -0.1) is 0 Å². The summed E-state index contributed by atoms with van der Waals surface area (Å²) in [5.41, 5.74) is -0.479. The Labute approximate surface area is 102 Å². The second-order valence-corrected chi connectivity index (χ2v) is 5.17. The van der Waals surface area contributed by atoms with Gasteiger partial charge in [-0.25, -0.2) is 0 Å². The smallest absolute Gasteiger partial charge is 0.306 e.